The van der Waals surface area contributed by atoms with Gasteiger partial charge in [-0.2, -0.15) is 0 Å². The molecule has 0 aromatic heterocycles. The van der Waals surface area contributed by atoms with E-state index in [9.17, 15) is 9.59 Å². The maximum atomic E-state index is 11.2. The molecule has 1 saturated heterocycles. The lowest BCUT2D eigenvalue weighted by Gasteiger charge is -2.23. The Morgan fingerprint density at radius 1 is 1.33 bits per heavy atom. The third kappa shape index (κ3) is 5.34. The van der Waals surface area contributed by atoms with Crippen LogP contribution in [0.15, 0.2) is 0 Å². The molecule has 3 N–H and O–H groups in total. The van der Waals surface area contributed by atoms with Gasteiger partial charge in [-0.1, -0.05) is 0 Å². The van der Waals surface area contributed by atoms with E-state index in [2.05, 4.69) is 15.4 Å². The molecular formula is C9H16N2O4. The van der Waals surface area contributed by atoms with E-state index in [0.717, 1.165) is 25.9 Å². The normalized spacial score (nSPS) is 17.3. The van der Waals surface area contributed by atoms with Gasteiger partial charge in [-0.05, 0) is 25.9 Å². The Hall–Kier alpha value is -1.14. The van der Waals surface area contributed by atoms with Crippen LogP contribution >= 0.6 is 0 Å². The summed E-state index contributed by atoms with van der Waals surface area (Å²) in [5, 5.41) is 14.3. The van der Waals surface area contributed by atoms with Crippen molar-refractivity contribution < 1.29 is 19.4 Å². The van der Waals surface area contributed by atoms with Crippen molar-refractivity contribution in [2.75, 3.05) is 26.3 Å². The number of carbonyl (C=O) groups is 2. The summed E-state index contributed by atoms with van der Waals surface area (Å²) in [4.78, 5) is 21.3. The maximum absolute atomic E-state index is 11.2. The standard InChI is InChI=1S/C9H16N2O4/c12-8(5-15-6-9(13)14)11-7-1-3-10-4-2-7/h7,10H,1-6H2,(H,11,12)(H,13,14). The fourth-order valence-corrected chi connectivity index (χ4v) is 1.47. The van der Waals surface area contributed by atoms with Crippen molar-refractivity contribution in [1.82, 2.24) is 10.6 Å². The van der Waals surface area contributed by atoms with Gasteiger partial charge >= 0.3 is 5.97 Å². The Kier molecular flexibility index (Phi) is 5.06. The summed E-state index contributed by atoms with van der Waals surface area (Å²) in [6.07, 6.45) is 1.81. The molecule has 1 aliphatic heterocycles. The quantitative estimate of drug-likeness (QED) is 0.546. The van der Waals surface area contributed by atoms with E-state index in [1.54, 1.807) is 0 Å². The van der Waals surface area contributed by atoms with Gasteiger partial charge in [0.1, 0.15) is 13.2 Å². The molecule has 0 atom stereocenters. The van der Waals surface area contributed by atoms with Gasteiger partial charge in [0.2, 0.25) is 5.91 Å². The average Bonchev–Trinajstić information content (AvgIpc) is 2.18. The average molecular weight is 216 g/mol. The minimum atomic E-state index is -1.07. The fourth-order valence-electron chi connectivity index (χ4n) is 1.47. The first kappa shape index (κ1) is 11.9. The third-order valence-electron chi connectivity index (χ3n) is 2.16. The Morgan fingerprint density at radius 2 is 2.00 bits per heavy atom. The van der Waals surface area contributed by atoms with Gasteiger partial charge in [0.15, 0.2) is 0 Å². The number of piperidine rings is 1. The van der Waals surface area contributed by atoms with Gasteiger partial charge in [0.05, 0.1) is 0 Å². The first-order valence-corrected chi connectivity index (χ1v) is 4.98. The molecule has 0 aromatic carbocycles. The van der Waals surface area contributed by atoms with Crippen LogP contribution < -0.4 is 10.6 Å². The molecule has 0 unspecified atom stereocenters. The molecule has 1 amide bonds. The van der Waals surface area contributed by atoms with Gasteiger partial charge in [-0.25, -0.2) is 4.79 Å². The van der Waals surface area contributed by atoms with E-state index in [-0.39, 0.29) is 18.6 Å². The van der Waals surface area contributed by atoms with Gasteiger partial charge in [-0.3, -0.25) is 4.79 Å². The van der Waals surface area contributed by atoms with E-state index >= 15 is 0 Å². The van der Waals surface area contributed by atoms with Crippen LogP contribution in [0, 0.1) is 0 Å². The number of carboxylic acid groups (broad SMARTS) is 1. The molecule has 1 aliphatic rings. The number of hydrogen-bond acceptors (Lipinski definition) is 4. The fraction of sp³-hybridized carbons (Fsp3) is 0.778. The Balaban J connectivity index is 2.09. The topological polar surface area (TPSA) is 87.7 Å². The molecule has 1 fully saturated rings. The molecule has 0 spiro atoms. The number of nitrogens with one attached hydrogen (secondary N) is 2. The van der Waals surface area contributed by atoms with Crippen LogP contribution in [-0.2, 0) is 14.3 Å². The number of aliphatic carboxylic acids is 1. The first-order valence-electron chi connectivity index (χ1n) is 4.98. The van der Waals surface area contributed by atoms with Crippen LogP contribution in [0.25, 0.3) is 0 Å². The molecular weight excluding hydrogens is 200 g/mol. The predicted octanol–water partition coefficient (Wildman–Crippen LogP) is -1.04. The van der Waals surface area contributed by atoms with Crippen LogP contribution in [0.1, 0.15) is 12.8 Å². The molecule has 15 heavy (non-hydrogen) atoms. The van der Waals surface area contributed by atoms with Crippen molar-refractivity contribution in [1.29, 1.82) is 0 Å². The number of rotatable bonds is 5. The first-order chi connectivity index (χ1) is 7.18. The monoisotopic (exact) mass is 216 g/mol. The molecule has 86 valence electrons. The van der Waals surface area contributed by atoms with Crippen molar-refractivity contribution in [3.63, 3.8) is 0 Å². The lowest BCUT2D eigenvalue weighted by Crippen LogP contribution is -2.44. The highest BCUT2D eigenvalue weighted by Crippen LogP contribution is 2.01. The van der Waals surface area contributed by atoms with Crippen LogP contribution in [0.2, 0.25) is 0 Å². The van der Waals surface area contributed by atoms with Gasteiger partial charge in [0, 0.05) is 6.04 Å². The summed E-state index contributed by atoms with van der Waals surface area (Å²) in [5.74, 6) is -1.31. The molecule has 6 nitrogen and oxygen atoms in total. The van der Waals surface area contributed by atoms with Crippen molar-refractivity contribution in [2.24, 2.45) is 0 Å². The lowest BCUT2D eigenvalue weighted by atomic mass is 10.1. The summed E-state index contributed by atoms with van der Waals surface area (Å²) < 4.78 is 4.67. The molecule has 0 radical (unpaired) electrons. The molecule has 0 bridgehead atoms. The van der Waals surface area contributed by atoms with E-state index in [4.69, 9.17) is 5.11 Å². The van der Waals surface area contributed by atoms with Crippen molar-refractivity contribution in [2.45, 2.75) is 18.9 Å². The van der Waals surface area contributed by atoms with Crippen molar-refractivity contribution >= 4 is 11.9 Å². The summed E-state index contributed by atoms with van der Waals surface area (Å²) in [6, 6.07) is 0.187. The maximum Gasteiger partial charge on any atom is 0.329 e. The smallest absolute Gasteiger partial charge is 0.329 e. The van der Waals surface area contributed by atoms with Gasteiger partial charge in [0.25, 0.3) is 0 Å². The second-order valence-electron chi connectivity index (χ2n) is 3.48. The van der Waals surface area contributed by atoms with Crippen LogP contribution in [-0.4, -0.2) is 49.3 Å². The largest absolute Gasteiger partial charge is 0.480 e. The minimum absolute atomic E-state index is 0.184. The highest BCUT2D eigenvalue weighted by Gasteiger charge is 2.15. The van der Waals surface area contributed by atoms with Gasteiger partial charge < -0.3 is 20.5 Å². The zero-order valence-corrected chi connectivity index (χ0v) is 8.49. The summed E-state index contributed by atoms with van der Waals surface area (Å²) in [6.45, 7) is 1.19. The van der Waals surface area contributed by atoms with Crippen molar-refractivity contribution in [3.05, 3.63) is 0 Å². The zero-order valence-electron chi connectivity index (χ0n) is 8.49. The molecule has 1 heterocycles. The summed E-state index contributed by atoms with van der Waals surface area (Å²) in [5.41, 5.74) is 0. The Labute approximate surface area is 88.0 Å². The van der Waals surface area contributed by atoms with E-state index in [0.29, 0.717) is 0 Å². The van der Waals surface area contributed by atoms with E-state index in [1.807, 2.05) is 0 Å². The second kappa shape index (κ2) is 6.36. The summed E-state index contributed by atoms with van der Waals surface area (Å²) in [7, 11) is 0. The third-order valence-corrected chi connectivity index (χ3v) is 2.16. The number of amides is 1. The van der Waals surface area contributed by atoms with Gasteiger partial charge in [-0.15, -0.1) is 0 Å². The molecule has 0 aliphatic carbocycles. The SMILES string of the molecule is O=C(O)COCC(=O)NC1CCNCC1. The lowest BCUT2D eigenvalue weighted by molar-refractivity contribution is -0.143. The number of carboxylic acids is 1. The van der Waals surface area contributed by atoms with Crippen LogP contribution in [0.5, 0.6) is 0 Å². The van der Waals surface area contributed by atoms with E-state index in [1.165, 1.54) is 0 Å². The van der Waals surface area contributed by atoms with Crippen LogP contribution in [0.3, 0.4) is 0 Å². The second-order valence-corrected chi connectivity index (χ2v) is 3.48. The highest BCUT2D eigenvalue weighted by molar-refractivity contribution is 5.78. The highest BCUT2D eigenvalue weighted by atomic mass is 16.5. The number of ether oxygens (including phenoxy) is 1. The molecule has 0 saturated carbocycles. The molecule has 0 aromatic rings. The Morgan fingerprint density at radius 3 is 2.60 bits per heavy atom. The van der Waals surface area contributed by atoms with Crippen LogP contribution in [0.4, 0.5) is 0 Å². The van der Waals surface area contributed by atoms with Crippen molar-refractivity contribution in [3.8, 4) is 0 Å². The van der Waals surface area contributed by atoms with E-state index < -0.39 is 12.6 Å². The predicted molar refractivity (Wildman–Crippen MR) is 52.5 cm³/mol. The number of hydrogen-bond donors (Lipinski definition) is 3. The summed E-state index contributed by atoms with van der Waals surface area (Å²) >= 11 is 0. The molecule has 6 heteroatoms. The minimum Gasteiger partial charge on any atom is -0.480 e. The Bertz CT molecular complexity index is 226. The molecule has 1 rings (SSSR count). The zero-order chi connectivity index (χ0) is 11.1. The number of carbonyl (C=O) groups excluding carboxylic acids is 1.